The Kier molecular flexibility index (Phi) is 2.65. The summed E-state index contributed by atoms with van der Waals surface area (Å²) in [6.45, 7) is 5.86. The van der Waals surface area contributed by atoms with Crippen LogP contribution in [0.4, 0.5) is 0 Å². The molecule has 1 saturated carbocycles. The van der Waals surface area contributed by atoms with Crippen molar-refractivity contribution in [2.24, 2.45) is 17.8 Å². The molecule has 12 heavy (non-hydrogen) atoms. The van der Waals surface area contributed by atoms with Crippen molar-refractivity contribution >= 4 is 11.6 Å². The Hall–Kier alpha value is -0.660. The molecule has 0 spiro atoms. The minimum Gasteiger partial charge on any atom is -0.299 e. The molecule has 0 aliphatic heterocycles. The predicted octanol–water partition coefficient (Wildman–Crippen LogP) is 1.83. The van der Waals surface area contributed by atoms with Gasteiger partial charge in [-0.3, -0.25) is 9.59 Å². The van der Waals surface area contributed by atoms with E-state index in [9.17, 15) is 9.59 Å². The van der Waals surface area contributed by atoms with Gasteiger partial charge in [0.05, 0.1) is 5.92 Å². The van der Waals surface area contributed by atoms with E-state index in [-0.39, 0.29) is 29.3 Å². The normalized spacial score (nSPS) is 30.3. The Morgan fingerprint density at radius 2 is 2.00 bits per heavy atom. The highest BCUT2D eigenvalue weighted by atomic mass is 16.2. The lowest BCUT2D eigenvalue weighted by Crippen LogP contribution is -2.22. The molecule has 0 bridgehead atoms. The molecule has 0 heterocycles. The maximum atomic E-state index is 11.6. The molecule has 68 valence electrons. The molecule has 0 aromatic heterocycles. The molecule has 0 N–H and O–H groups in total. The van der Waals surface area contributed by atoms with Crippen LogP contribution >= 0.6 is 0 Å². The SMILES string of the molecule is CCC1CC(=O)C(C(C)C)C1=O. The van der Waals surface area contributed by atoms with Crippen molar-refractivity contribution in [2.75, 3.05) is 0 Å². The average Bonchev–Trinajstić information content (AvgIpc) is 2.25. The summed E-state index contributed by atoms with van der Waals surface area (Å²) in [6.07, 6.45) is 1.30. The summed E-state index contributed by atoms with van der Waals surface area (Å²) in [4.78, 5) is 22.9. The van der Waals surface area contributed by atoms with E-state index < -0.39 is 0 Å². The Morgan fingerprint density at radius 3 is 2.25 bits per heavy atom. The van der Waals surface area contributed by atoms with Crippen LogP contribution in [0.25, 0.3) is 0 Å². The molecular formula is C10H16O2. The number of carbonyl (C=O) groups excluding carboxylic acids is 2. The molecule has 1 aliphatic carbocycles. The van der Waals surface area contributed by atoms with E-state index in [0.29, 0.717) is 6.42 Å². The van der Waals surface area contributed by atoms with Gasteiger partial charge in [-0.2, -0.15) is 0 Å². The average molecular weight is 168 g/mol. The van der Waals surface area contributed by atoms with Gasteiger partial charge in [0.25, 0.3) is 0 Å². The highest BCUT2D eigenvalue weighted by molar-refractivity contribution is 6.10. The number of rotatable bonds is 2. The zero-order valence-corrected chi connectivity index (χ0v) is 7.96. The van der Waals surface area contributed by atoms with Gasteiger partial charge in [0, 0.05) is 12.3 Å². The fourth-order valence-corrected chi connectivity index (χ4v) is 1.93. The molecule has 2 atom stereocenters. The van der Waals surface area contributed by atoms with Gasteiger partial charge in [0.2, 0.25) is 0 Å². The third-order valence-corrected chi connectivity index (χ3v) is 2.66. The van der Waals surface area contributed by atoms with E-state index in [2.05, 4.69) is 0 Å². The zero-order valence-electron chi connectivity index (χ0n) is 7.96. The maximum absolute atomic E-state index is 11.6. The molecule has 1 aliphatic rings. The zero-order chi connectivity index (χ0) is 9.30. The molecule has 0 aromatic rings. The van der Waals surface area contributed by atoms with Crippen LogP contribution in [-0.2, 0) is 9.59 Å². The number of hydrogen-bond donors (Lipinski definition) is 0. The van der Waals surface area contributed by atoms with Crippen molar-refractivity contribution in [3.05, 3.63) is 0 Å². The van der Waals surface area contributed by atoms with Crippen LogP contribution in [0.1, 0.15) is 33.6 Å². The van der Waals surface area contributed by atoms with Crippen molar-refractivity contribution < 1.29 is 9.59 Å². The molecule has 0 amide bonds. The molecule has 1 rings (SSSR count). The number of Topliss-reactive ketones (excluding diaryl/α,β-unsaturated/α-hetero) is 2. The summed E-state index contributed by atoms with van der Waals surface area (Å²) in [6, 6.07) is 0. The highest BCUT2D eigenvalue weighted by Gasteiger charge is 2.41. The summed E-state index contributed by atoms with van der Waals surface area (Å²) < 4.78 is 0. The van der Waals surface area contributed by atoms with Crippen LogP contribution in [0.15, 0.2) is 0 Å². The van der Waals surface area contributed by atoms with Crippen molar-refractivity contribution in [2.45, 2.75) is 33.6 Å². The van der Waals surface area contributed by atoms with Gasteiger partial charge in [0.15, 0.2) is 0 Å². The topological polar surface area (TPSA) is 34.1 Å². The van der Waals surface area contributed by atoms with E-state index in [1.54, 1.807) is 0 Å². The lowest BCUT2D eigenvalue weighted by atomic mass is 9.91. The predicted molar refractivity (Wildman–Crippen MR) is 46.7 cm³/mol. The van der Waals surface area contributed by atoms with Gasteiger partial charge in [-0.25, -0.2) is 0 Å². The van der Waals surface area contributed by atoms with Crippen molar-refractivity contribution in [1.82, 2.24) is 0 Å². The smallest absolute Gasteiger partial charge is 0.147 e. The monoisotopic (exact) mass is 168 g/mol. The molecule has 0 aromatic carbocycles. The van der Waals surface area contributed by atoms with E-state index in [4.69, 9.17) is 0 Å². The first-order valence-corrected chi connectivity index (χ1v) is 4.64. The highest BCUT2D eigenvalue weighted by Crippen LogP contribution is 2.30. The van der Waals surface area contributed by atoms with Crippen LogP contribution in [0, 0.1) is 17.8 Å². The minimum atomic E-state index is -0.296. The molecule has 1 fully saturated rings. The molecule has 2 nitrogen and oxygen atoms in total. The van der Waals surface area contributed by atoms with E-state index in [0.717, 1.165) is 6.42 Å². The summed E-state index contributed by atoms with van der Waals surface area (Å²) >= 11 is 0. The van der Waals surface area contributed by atoms with Crippen molar-refractivity contribution in [3.63, 3.8) is 0 Å². The first-order valence-electron chi connectivity index (χ1n) is 4.64. The third kappa shape index (κ3) is 1.43. The van der Waals surface area contributed by atoms with Crippen LogP contribution in [0.2, 0.25) is 0 Å². The second kappa shape index (κ2) is 3.38. The van der Waals surface area contributed by atoms with E-state index >= 15 is 0 Å². The number of hydrogen-bond acceptors (Lipinski definition) is 2. The molecule has 2 heteroatoms. The fraction of sp³-hybridized carbons (Fsp3) is 0.800. The molecule has 2 unspecified atom stereocenters. The fourth-order valence-electron chi connectivity index (χ4n) is 1.93. The maximum Gasteiger partial charge on any atom is 0.147 e. The summed E-state index contributed by atoms with van der Waals surface area (Å²) in [5.74, 6) is 0.237. The first-order chi connectivity index (χ1) is 5.57. The standard InChI is InChI=1S/C10H16O2/c1-4-7-5-8(11)9(6(2)3)10(7)12/h6-7,9H,4-5H2,1-3H3. The summed E-state index contributed by atoms with van der Waals surface area (Å²) in [7, 11) is 0. The van der Waals surface area contributed by atoms with Crippen LogP contribution in [0.3, 0.4) is 0 Å². The quantitative estimate of drug-likeness (QED) is 0.589. The Bertz CT molecular complexity index is 206. The second-order valence-corrected chi connectivity index (χ2v) is 3.90. The second-order valence-electron chi connectivity index (χ2n) is 3.90. The van der Waals surface area contributed by atoms with E-state index in [1.165, 1.54) is 0 Å². The molecule has 0 radical (unpaired) electrons. The largest absolute Gasteiger partial charge is 0.299 e. The Balaban J connectivity index is 2.77. The third-order valence-electron chi connectivity index (χ3n) is 2.66. The van der Waals surface area contributed by atoms with Gasteiger partial charge in [-0.1, -0.05) is 20.8 Å². The van der Waals surface area contributed by atoms with Gasteiger partial charge in [-0.15, -0.1) is 0 Å². The number of carbonyl (C=O) groups is 2. The van der Waals surface area contributed by atoms with Crippen molar-refractivity contribution in [1.29, 1.82) is 0 Å². The van der Waals surface area contributed by atoms with E-state index in [1.807, 2.05) is 20.8 Å². The van der Waals surface area contributed by atoms with Crippen LogP contribution in [0.5, 0.6) is 0 Å². The summed E-state index contributed by atoms with van der Waals surface area (Å²) in [5.41, 5.74) is 0. The Morgan fingerprint density at radius 1 is 1.42 bits per heavy atom. The number of ketones is 2. The summed E-state index contributed by atoms with van der Waals surface area (Å²) in [5, 5.41) is 0. The van der Waals surface area contributed by atoms with Gasteiger partial charge in [-0.05, 0) is 12.3 Å². The Labute approximate surface area is 73.3 Å². The van der Waals surface area contributed by atoms with Crippen LogP contribution < -0.4 is 0 Å². The molecule has 0 saturated heterocycles. The first kappa shape index (κ1) is 9.43. The minimum absolute atomic E-state index is 0.0184. The van der Waals surface area contributed by atoms with Gasteiger partial charge >= 0.3 is 0 Å². The molecular weight excluding hydrogens is 152 g/mol. The van der Waals surface area contributed by atoms with Crippen molar-refractivity contribution in [3.8, 4) is 0 Å². The van der Waals surface area contributed by atoms with Gasteiger partial charge < -0.3 is 0 Å². The van der Waals surface area contributed by atoms with Gasteiger partial charge in [0.1, 0.15) is 11.6 Å². The lowest BCUT2D eigenvalue weighted by molar-refractivity contribution is -0.129. The van der Waals surface area contributed by atoms with Crippen LogP contribution in [-0.4, -0.2) is 11.6 Å². The lowest BCUT2D eigenvalue weighted by Gasteiger charge is -2.10.